The van der Waals surface area contributed by atoms with Crippen LogP contribution in [0.2, 0.25) is 0 Å². The van der Waals surface area contributed by atoms with Crippen molar-refractivity contribution in [2.24, 2.45) is 11.3 Å². The Balaban J connectivity index is 1.98. The summed E-state index contributed by atoms with van der Waals surface area (Å²) in [5.74, 6) is 0.570. The van der Waals surface area contributed by atoms with Crippen LogP contribution in [0.15, 0.2) is 22.7 Å². The Bertz CT molecular complexity index is 548. The van der Waals surface area contributed by atoms with Crippen LogP contribution in [-0.2, 0) is 4.74 Å². The number of halogens is 1. The average Bonchev–Trinajstić information content (AvgIpc) is 2.42. The number of hydrogen-bond acceptors (Lipinski definition) is 3. The smallest absolute Gasteiger partial charge is 0.0992 e. The third-order valence-electron chi connectivity index (χ3n) is 4.24. The summed E-state index contributed by atoms with van der Waals surface area (Å²) in [6.45, 7) is 9.67. The van der Waals surface area contributed by atoms with E-state index in [1.54, 1.807) is 0 Å². The van der Waals surface area contributed by atoms with Crippen molar-refractivity contribution in [2.45, 2.75) is 46.3 Å². The molecule has 0 saturated heterocycles. The predicted molar refractivity (Wildman–Crippen MR) is 89.2 cm³/mol. The number of anilines is 1. The molecule has 114 valence electrons. The van der Waals surface area contributed by atoms with E-state index < -0.39 is 0 Å². The summed E-state index contributed by atoms with van der Waals surface area (Å²) >= 11 is 3.53. The Labute approximate surface area is 135 Å². The van der Waals surface area contributed by atoms with Crippen LogP contribution in [0.3, 0.4) is 0 Å². The molecule has 21 heavy (non-hydrogen) atoms. The first kappa shape index (κ1) is 16.3. The van der Waals surface area contributed by atoms with Crippen molar-refractivity contribution in [3.05, 3.63) is 28.2 Å². The highest BCUT2D eigenvalue weighted by Gasteiger charge is 2.49. The minimum Gasteiger partial charge on any atom is -0.381 e. The molecule has 1 fully saturated rings. The first-order valence-corrected chi connectivity index (χ1v) is 8.21. The van der Waals surface area contributed by atoms with Gasteiger partial charge in [-0.15, -0.1) is 0 Å². The van der Waals surface area contributed by atoms with E-state index >= 15 is 0 Å². The molecule has 1 saturated carbocycles. The second-order valence-corrected chi connectivity index (χ2v) is 7.63. The van der Waals surface area contributed by atoms with Gasteiger partial charge in [0.15, 0.2) is 0 Å². The van der Waals surface area contributed by atoms with Crippen LogP contribution < -0.4 is 5.32 Å². The molecular weight excluding hydrogens is 328 g/mol. The van der Waals surface area contributed by atoms with Crippen molar-refractivity contribution < 1.29 is 4.74 Å². The van der Waals surface area contributed by atoms with E-state index in [1.807, 2.05) is 18.2 Å². The van der Waals surface area contributed by atoms with Gasteiger partial charge < -0.3 is 10.1 Å². The molecule has 4 heteroatoms. The summed E-state index contributed by atoms with van der Waals surface area (Å²) in [6.07, 6.45) is 1.33. The van der Waals surface area contributed by atoms with E-state index in [-0.39, 0.29) is 5.41 Å². The lowest BCUT2D eigenvalue weighted by Crippen LogP contribution is -2.58. The van der Waals surface area contributed by atoms with Gasteiger partial charge in [-0.25, -0.2) is 0 Å². The minimum atomic E-state index is 0.113. The molecule has 1 aromatic rings. The molecule has 1 aromatic carbocycles. The molecule has 1 N–H and O–H groups in total. The van der Waals surface area contributed by atoms with Crippen LogP contribution in [0.5, 0.6) is 0 Å². The number of hydrogen-bond donors (Lipinski definition) is 1. The van der Waals surface area contributed by atoms with E-state index in [0.717, 1.165) is 23.2 Å². The largest absolute Gasteiger partial charge is 0.381 e. The molecule has 0 heterocycles. The molecule has 0 radical (unpaired) electrons. The van der Waals surface area contributed by atoms with Crippen LogP contribution >= 0.6 is 15.9 Å². The summed E-state index contributed by atoms with van der Waals surface area (Å²) in [7, 11) is 0. The second kappa shape index (κ2) is 6.37. The van der Waals surface area contributed by atoms with Gasteiger partial charge in [0.05, 0.1) is 17.7 Å². The third-order valence-corrected chi connectivity index (χ3v) is 4.89. The fourth-order valence-electron chi connectivity index (χ4n) is 2.61. The van der Waals surface area contributed by atoms with Gasteiger partial charge in [-0.1, -0.05) is 27.7 Å². The lowest BCUT2D eigenvalue weighted by atomic mass is 9.64. The first-order chi connectivity index (χ1) is 9.84. The van der Waals surface area contributed by atoms with Crippen molar-refractivity contribution in [1.29, 1.82) is 5.26 Å². The van der Waals surface area contributed by atoms with Crippen LogP contribution in [0, 0.1) is 22.7 Å². The van der Waals surface area contributed by atoms with Gasteiger partial charge >= 0.3 is 0 Å². The van der Waals surface area contributed by atoms with E-state index in [4.69, 9.17) is 10.00 Å². The van der Waals surface area contributed by atoms with Gasteiger partial charge in [0.25, 0.3) is 0 Å². The highest BCUT2D eigenvalue weighted by molar-refractivity contribution is 9.10. The van der Waals surface area contributed by atoms with Crippen molar-refractivity contribution in [2.75, 3.05) is 11.9 Å². The highest BCUT2D eigenvalue weighted by atomic mass is 79.9. The van der Waals surface area contributed by atoms with Gasteiger partial charge in [0.1, 0.15) is 0 Å². The molecular formula is C17H23BrN2O. The Morgan fingerprint density at radius 3 is 2.71 bits per heavy atom. The number of nitrogens with zero attached hydrogens (tertiary/aromatic N) is 1. The normalized spacial score (nSPS) is 23.5. The zero-order valence-electron chi connectivity index (χ0n) is 13.1. The predicted octanol–water partition coefficient (Wildman–Crippen LogP) is 4.57. The van der Waals surface area contributed by atoms with E-state index in [9.17, 15) is 0 Å². The lowest BCUT2D eigenvalue weighted by Gasteiger charge is -2.52. The number of rotatable bonds is 5. The summed E-state index contributed by atoms with van der Waals surface area (Å²) in [5, 5.41) is 12.5. The van der Waals surface area contributed by atoms with Crippen molar-refractivity contribution in [3.63, 3.8) is 0 Å². The highest BCUT2D eigenvalue weighted by Crippen LogP contribution is 2.45. The van der Waals surface area contributed by atoms with Gasteiger partial charge in [0, 0.05) is 28.2 Å². The summed E-state index contributed by atoms with van der Waals surface area (Å²) in [4.78, 5) is 0. The van der Waals surface area contributed by atoms with Crippen LogP contribution in [0.25, 0.3) is 0 Å². The number of benzene rings is 1. The fraction of sp³-hybridized carbons (Fsp3) is 0.588. The number of nitrogens with one attached hydrogen (secondary N) is 1. The average molecular weight is 351 g/mol. The molecule has 2 rings (SSSR count). The SMILES string of the molecule is CC(C)COC1CC(Nc2ccc(C#N)cc2Br)C1(C)C. The summed E-state index contributed by atoms with van der Waals surface area (Å²) < 4.78 is 6.93. The molecule has 1 aliphatic rings. The summed E-state index contributed by atoms with van der Waals surface area (Å²) in [5.41, 5.74) is 1.82. The topological polar surface area (TPSA) is 45.0 Å². The Morgan fingerprint density at radius 2 is 2.19 bits per heavy atom. The standard InChI is InChI=1S/C17H23BrN2O/c1-11(2)10-21-16-8-15(17(16,3)4)20-14-6-5-12(9-19)7-13(14)18/h5-7,11,15-16,20H,8,10H2,1-4H3. The molecule has 0 aliphatic heterocycles. The van der Waals surface area contributed by atoms with Gasteiger partial charge in [0.2, 0.25) is 0 Å². The molecule has 0 aromatic heterocycles. The second-order valence-electron chi connectivity index (χ2n) is 6.78. The molecule has 1 aliphatic carbocycles. The maximum Gasteiger partial charge on any atom is 0.0992 e. The first-order valence-electron chi connectivity index (χ1n) is 7.42. The van der Waals surface area contributed by atoms with Crippen molar-refractivity contribution in [1.82, 2.24) is 0 Å². The maximum absolute atomic E-state index is 8.91. The van der Waals surface area contributed by atoms with Crippen molar-refractivity contribution in [3.8, 4) is 6.07 Å². The molecule has 0 spiro atoms. The molecule has 3 nitrogen and oxygen atoms in total. The van der Waals surface area contributed by atoms with Gasteiger partial charge in [-0.05, 0) is 46.5 Å². The Kier molecular flexibility index (Phi) is 4.95. The Hall–Kier alpha value is -1.05. The van der Waals surface area contributed by atoms with Gasteiger partial charge in [-0.2, -0.15) is 5.26 Å². The monoisotopic (exact) mass is 350 g/mol. The molecule has 0 bridgehead atoms. The lowest BCUT2D eigenvalue weighted by molar-refractivity contribution is -0.108. The van der Waals surface area contributed by atoms with Gasteiger partial charge in [-0.3, -0.25) is 0 Å². The summed E-state index contributed by atoms with van der Waals surface area (Å²) in [6, 6.07) is 8.18. The molecule has 2 unspecified atom stereocenters. The molecule has 0 amide bonds. The van der Waals surface area contributed by atoms with Crippen LogP contribution in [0.4, 0.5) is 5.69 Å². The van der Waals surface area contributed by atoms with E-state index in [1.165, 1.54) is 0 Å². The zero-order chi connectivity index (χ0) is 15.6. The quantitative estimate of drug-likeness (QED) is 0.845. The van der Waals surface area contributed by atoms with Crippen LogP contribution in [-0.4, -0.2) is 18.8 Å². The maximum atomic E-state index is 8.91. The Morgan fingerprint density at radius 1 is 1.48 bits per heavy atom. The number of ether oxygens (including phenoxy) is 1. The zero-order valence-corrected chi connectivity index (χ0v) is 14.7. The number of nitriles is 1. The third kappa shape index (κ3) is 3.59. The van der Waals surface area contributed by atoms with Crippen molar-refractivity contribution >= 4 is 21.6 Å². The molecule has 2 atom stereocenters. The minimum absolute atomic E-state index is 0.113. The van der Waals surface area contributed by atoms with E-state index in [2.05, 4.69) is 55.0 Å². The van der Waals surface area contributed by atoms with E-state index in [0.29, 0.717) is 23.6 Å². The fourth-order valence-corrected chi connectivity index (χ4v) is 3.10. The van der Waals surface area contributed by atoms with Crippen LogP contribution in [0.1, 0.15) is 39.7 Å².